The van der Waals surface area contributed by atoms with E-state index in [2.05, 4.69) is 32.6 Å². The van der Waals surface area contributed by atoms with Gasteiger partial charge in [-0.3, -0.25) is 0 Å². The van der Waals surface area contributed by atoms with E-state index >= 15 is 0 Å². The lowest BCUT2D eigenvalue weighted by atomic mass is 9.88. The van der Waals surface area contributed by atoms with Crippen molar-refractivity contribution in [2.24, 2.45) is 0 Å². The first-order valence-corrected chi connectivity index (χ1v) is 11.4. The number of rotatable bonds is 6. The van der Waals surface area contributed by atoms with Gasteiger partial charge in [0.25, 0.3) is 0 Å². The number of aliphatic hydroxyl groups is 1. The first kappa shape index (κ1) is 22.2. The van der Waals surface area contributed by atoms with Gasteiger partial charge in [-0.15, -0.1) is 6.42 Å². The van der Waals surface area contributed by atoms with Crippen LogP contribution in [0.25, 0.3) is 10.9 Å². The highest BCUT2D eigenvalue weighted by molar-refractivity contribution is 6.32. The van der Waals surface area contributed by atoms with E-state index in [4.69, 9.17) is 22.8 Å². The number of benzene rings is 3. The van der Waals surface area contributed by atoms with E-state index in [-0.39, 0.29) is 12.0 Å². The summed E-state index contributed by atoms with van der Waals surface area (Å²) < 4.78 is 5.87. The van der Waals surface area contributed by atoms with Gasteiger partial charge in [0, 0.05) is 17.0 Å². The van der Waals surface area contributed by atoms with Crippen LogP contribution in [0.1, 0.15) is 17.9 Å². The minimum atomic E-state index is -0.841. The van der Waals surface area contributed by atoms with Gasteiger partial charge in [0.2, 0.25) is 0 Å². The van der Waals surface area contributed by atoms with Crippen molar-refractivity contribution in [1.82, 2.24) is 15.3 Å². The summed E-state index contributed by atoms with van der Waals surface area (Å²) in [6.07, 6.45) is 7.05. The molecule has 3 aromatic carbocycles. The monoisotopic (exact) mass is 470 g/mol. The normalized spacial score (nSPS) is 18.4. The molecule has 2 heterocycles. The van der Waals surface area contributed by atoms with Crippen LogP contribution in [0.2, 0.25) is 5.02 Å². The van der Waals surface area contributed by atoms with Crippen LogP contribution in [0, 0.1) is 12.3 Å². The number of aliphatic hydroxyl groups excluding tert-OH is 1. The van der Waals surface area contributed by atoms with E-state index in [9.17, 15) is 5.11 Å². The molecule has 0 bridgehead atoms. The maximum Gasteiger partial charge on any atom is 0.146 e. The van der Waals surface area contributed by atoms with Crippen molar-refractivity contribution in [2.45, 2.75) is 24.5 Å². The Morgan fingerprint density at radius 3 is 2.76 bits per heavy atom. The molecule has 170 valence electrons. The Balaban J connectivity index is 1.42. The summed E-state index contributed by atoms with van der Waals surface area (Å²) in [4.78, 5) is 8.87. The van der Waals surface area contributed by atoms with E-state index in [0.29, 0.717) is 22.3 Å². The number of hydrogen-bond donors (Lipinski definition) is 3. The van der Waals surface area contributed by atoms with Crippen LogP contribution in [0.3, 0.4) is 0 Å². The second kappa shape index (κ2) is 9.70. The molecule has 1 aliphatic heterocycles. The topological polar surface area (TPSA) is 79.3 Å². The summed E-state index contributed by atoms with van der Waals surface area (Å²) in [6, 6.07) is 20.9. The Morgan fingerprint density at radius 2 is 1.97 bits per heavy atom. The average molecular weight is 471 g/mol. The van der Waals surface area contributed by atoms with Crippen molar-refractivity contribution >= 4 is 34.0 Å². The lowest BCUT2D eigenvalue weighted by molar-refractivity contribution is 0.182. The fourth-order valence-electron chi connectivity index (χ4n) is 4.35. The Hall–Kier alpha value is -3.63. The molecular formula is C27H23ClN4O2. The van der Waals surface area contributed by atoms with Crippen molar-refractivity contribution in [3.05, 3.63) is 83.6 Å². The molecule has 3 atom stereocenters. The second-order valence-electron chi connectivity index (χ2n) is 8.17. The number of aromatic nitrogens is 2. The van der Waals surface area contributed by atoms with Gasteiger partial charge >= 0.3 is 0 Å². The number of nitrogens with one attached hydrogen (secondary N) is 2. The van der Waals surface area contributed by atoms with Crippen LogP contribution in [-0.2, 0) is 0 Å². The quantitative estimate of drug-likeness (QED) is 0.334. The standard InChI is InChI=1S/C27H23ClN4O2/c1-2-24(33)26-20(12-13-29-26)17-8-10-23-21(14-17)27(31-16-30-23)32-18-9-11-25(22(28)15-18)34-19-6-4-3-5-7-19/h1,3-11,14-16,20,24,26,29,33H,12-13H2,(H,30,31,32). The number of nitrogens with zero attached hydrogens (tertiary/aromatic N) is 2. The van der Waals surface area contributed by atoms with E-state index < -0.39 is 6.10 Å². The largest absolute Gasteiger partial charge is 0.456 e. The van der Waals surface area contributed by atoms with Gasteiger partial charge in [-0.05, 0) is 61.0 Å². The van der Waals surface area contributed by atoms with Gasteiger partial charge in [-0.2, -0.15) is 0 Å². The predicted octanol–water partition coefficient (Wildman–Crippen LogP) is 5.26. The van der Waals surface area contributed by atoms with Gasteiger partial charge in [-0.25, -0.2) is 9.97 Å². The fourth-order valence-corrected chi connectivity index (χ4v) is 4.57. The van der Waals surface area contributed by atoms with Crippen molar-refractivity contribution in [1.29, 1.82) is 0 Å². The first-order valence-electron chi connectivity index (χ1n) is 11.0. The van der Waals surface area contributed by atoms with Crippen LogP contribution in [0.4, 0.5) is 11.5 Å². The Labute approximate surface area is 203 Å². The molecule has 6 nitrogen and oxygen atoms in total. The zero-order valence-corrected chi connectivity index (χ0v) is 19.0. The molecule has 0 aliphatic carbocycles. The number of halogens is 1. The number of terminal acetylenes is 1. The molecule has 0 saturated carbocycles. The van der Waals surface area contributed by atoms with Gasteiger partial charge in [-0.1, -0.05) is 41.8 Å². The summed E-state index contributed by atoms with van der Waals surface area (Å²) in [5.74, 6) is 4.50. The molecular weight excluding hydrogens is 448 g/mol. The maximum atomic E-state index is 10.2. The molecule has 0 radical (unpaired) electrons. The van der Waals surface area contributed by atoms with Crippen LogP contribution in [0.15, 0.2) is 73.1 Å². The molecule has 7 heteroatoms. The number of anilines is 2. The Kier molecular flexibility index (Phi) is 6.33. The lowest BCUT2D eigenvalue weighted by Gasteiger charge is -2.22. The molecule has 1 fully saturated rings. The average Bonchev–Trinajstić information content (AvgIpc) is 3.36. The van der Waals surface area contributed by atoms with Gasteiger partial charge in [0.05, 0.1) is 16.6 Å². The van der Waals surface area contributed by atoms with Crippen LogP contribution < -0.4 is 15.4 Å². The zero-order valence-electron chi connectivity index (χ0n) is 18.3. The van der Waals surface area contributed by atoms with Crippen LogP contribution >= 0.6 is 11.6 Å². The molecule has 0 amide bonds. The SMILES string of the molecule is C#CC(O)C1NCCC1c1ccc2ncnc(Nc3ccc(Oc4ccccc4)c(Cl)c3)c2c1. The third-order valence-corrected chi connectivity index (χ3v) is 6.33. The second-order valence-corrected chi connectivity index (χ2v) is 8.58. The predicted molar refractivity (Wildman–Crippen MR) is 135 cm³/mol. The molecule has 0 spiro atoms. The summed E-state index contributed by atoms with van der Waals surface area (Å²) in [5.41, 5.74) is 2.68. The third kappa shape index (κ3) is 4.55. The molecule has 3 N–H and O–H groups in total. The lowest BCUT2D eigenvalue weighted by Crippen LogP contribution is -2.37. The number of fused-ring (bicyclic) bond motifs is 1. The van der Waals surface area contributed by atoms with E-state index in [1.807, 2.05) is 54.6 Å². The fraction of sp³-hybridized carbons (Fsp3) is 0.185. The number of hydrogen-bond acceptors (Lipinski definition) is 6. The smallest absolute Gasteiger partial charge is 0.146 e. The summed E-state index contributed by atoms with van der Waals surface area (Å²) in [5, 5.41) is 18.3. The summed E-state index contributed by atoms with van der Waals surface area (Å²) >= 11 is 6.49. The van der Waals surface area contributed by atoms with Crippen molar-refractivity contribution in [3.63, 3.8) is 0 Å². The van der Waals surface area contributed by atoms with Gasteiger partial charge in [0.15, 0.2) is 0 Å². The van der Waals surface area contributed by atoms with Crippen LogP contribution in [0.5, 0.6) is 11.5 Å². The molecule has 4 aromatic rings. The van der Waals surface area contributed by atoms with Crippen molar-refractivity contribution in [3.8, 4) is 23.8 Å². The molecule has 1 saturated heterocycles. The van der Waals surface area contributed by atoms with Crippen molar-refractivity contribution < 1.29 is 9.84 Å². The Morgan fingerprint density at radius 1 is 1.12 bits per heavy atom. The van der Waals surface area contributed by atoms with Crippen LogP contribution in [-0.4, -0.2) is 33.8 Å². The number of para-hydroxylation sites is 1. The van der Waals surface area contributed by atoms with E-state index in [1.54, 1.807) is 6.07 Å². The minimum Gasteiger partial charge on any atom is -0.456 e. The molecule has 3 unspecified atom stereocenters. The highest BCUT2D eigenvalue weighted by atomic mass is 35.5. The van der Waals surface area contributed by atoms with E-state index in [0.717, 1.165) is 35.1 Å². The zero-order chi connectivity index (χ0) is 23.5. The molecule has 5 rings (SSSR count). The molecule has 1 aliphatic rings. The first-order chi connectivity index (χ1) is 16.6. The van der Waals surface area contributed by atoms with E-state index in [1.165, 1.54) is 6.33 Å². The molecule has 1 aromatic heterocycles. The minimum absolute atomic E-state index is 0.104. The summed E-state index contributed by atoms with van der Waals surface area (Å²) in [7, 11) is 0. The Bertz CT molecular complexity index is 1360. The maximum absolute atomic E-state index is 10.2. The van der Waals surface area contributed by atoms with Gasteiger partial charge < -0.3 is 20.5 Å². The number of ether oxygens (including phenoxy) is 1. The molecule has 34 heavy (non-hydrogen) atoms. The third-order valence-electron chi connectivity index (χ3n) is 6.03. The summed E-state index contributed by atoms with van der Waals surface area (Å²) in [6.45, 7) is 0.804. The highest BCUT2D eigenvalue weighted by Crippen LogP contribution is 2.35. The van der Waals surface area contributed by atoms with Crippen molar-refractivity contribution in [2.75, 3.05) is 11.9 Å². The van der Waals surface area contributed by atoms with Gasteiger partial charge in [0.1, 0.15) is 29.7 Å². The highest BCUT2D eigenvalue weighted by Gasteiger charge is 2.33.